The number of hydrogen-bond donors (Lipinski definition) is 2. The van der Waals surface area contributed by atoms with Crippen molar-refractivity contribution < 1.29 is 19.4 Å². The van der Waals surface area contributed by atoms with Crippen molar-refractivity contribution in [3.8, 4) is 5.75 Å². The van der Waals surface area contributed by atoms with Gasteiger partial charge >= 0.3 is 5.97 Å². The standard InChI is InChI=1S/C31H37NO4/c1-21(2)17-29(26-10-8-9-25(19-26)22(3)4)32-31(35)28-18-23(13-14-24(28)15-16-30(33)34)20-36-27-11-6-5-7-12-27/h5-14,18-19,21-22,29H,15-17,20H2,1-4H3,(H,32,35)(H,33,34). The molecule has 0 aliphatic carbocycles. The molecule has 3 aromatic carbocycles. The Morgan fingerprint density at radius 1 is 0.889 bits per heavy atom. The molecule has 0 saturated heterocycles. The number of aliphatic carboxylic acids is 1. The number of hydrogen-bond acceptors (Lipinski definition) is 3. The SMILES string of the molecule is CC(C)CC(NC(=O)c1cc(COc2ccccc2)ccc1CCC(=O)O)c1cccc(C(C)C)c1. The van der Waals surface area contributed by atoms with Crippen LogP contribution in [0.5, 0.6) is 5.75 Å². The van der Waals surface area contributed by atoms with Gasteiger partial charge in [-0.2, -0.15) is 0 Å². The van der Waals surface area contributed by atoms with Crippen molar-refractivity contribution in [1.29, 1.82) is 0 Å². The average molecular weight is 488 g/mol. The molecule has 3 aromatic rings. The van der Waals surface area contributed by atoms with Gasteiger partial charge in [-0.05, 0) is 65.1 Å². The Labute approximate surface area is 214 Å². The summed E-state index contributed by atoms with van der Waals surface area (Å²) in [6.07, 6.45) is 1.05. The molecule has 1 unspecified atom stereocenters. The Bertz CT molecular complexity index is 1150. The minimum atomic E-state index is -0.888. The van der Waals surface area contributed by atoms with E-state index in [-0.39, 0.29) is 24.8 Å². The molecule has 3 rings (SSSR count). The number of carbonyl (C=O) groups excluding carboxylic acids is 1. The van der Waals surface area contributed by atoms with Crippen molar-refractivity contribution >= 4 is 11.9 Å². The first-order valence-corrected chi connectivity index (χ1v) is 12.6. The van der Waals surface area contributed by atoms with Crippen molar-refractivity contribution in [2.45, 2.75) is 65.5 Å². The molecule has 36 heavy (non-hydrogen) atoms. The van der Waals surface area contributed by atoms with E-state index in [4.69, 9.17) is 4.74 Å². The maximum absolute atomic E-state index is 13.6. The third-order valence-electron chi connectivity index (χ3n) is 6.17. The normalized spacial score (nSPS) is 11.9. The summed E-state index contributed by atoms with van der Waals surface area (Å²) in [5.41, 5.74) is 4.39. The van der Waals surface area contributed by atoms with E-state index < -0.39 is 5.97 Å². The molecule has 0 saturated carbocycles. The lowest BCUT2D eigenvalue weighted by molar-refractivity contribution is -0.136. The molecule has 0 spiro atoms. The minimum Gasteiger partial charge on any atom is -0.489 e. The first-order valence-electron chi connectivity index (χ1n) is 12.6. The minimum absolute atomic E-state index is 0.0357. The van der Waals surface area contributed by atoms with Gasteiger partial charge in [-0.1, -0.05) is 82.3 Å². The number of rotatable bonds is 12. The maximum Gasteiger partial charge on any atom is 0.303 e. The number of aryl methyl sites for hydroxylation is 1. The van der Waals surface area contributed by atoms with Crippen LogP contribution in [-0.2, 0) is 17.8 Å². The number of para-hydroxylation sites is 1. The van der Waals surface area contributed by atoms with Crippen LogP contribution in [0.1, 0.15) is 85.1 Å². The highest BCUT2D eigenvalue weighted by molar-refractivity contribution is 5.96. The molecular weight excluding hydrogens is 450 g/mol. The highest BCUT2D eigenvalue weighted by Gasteiger charge is 2.21. The second-order valence-electron chi connectivity index (χ2n) is 9.97. The van der Waals surface area contributed by atoms with E-state index in [1.807, 2.05) is 54.6 Å². The number of amides is 1. The molecule has 0 bridgehead atoms. The predicted octanol–water partition coefficient (Wildman–Crippen LogP) is 6.92. The Morgan fingerprint density at radius 3 is 2.28 bits per heavy atom. The molecule has 5 nitrogen and oxygen atoms in total. The van der Waals surface area contributed by atoms with E-state index >= 15 is 0 Å². The second-order valence-corrected chi connectivity index (χ2v) is 9.97. The van der Waals surface area contributed by atoms with Gasteiger partial charge in [-0.25, -0.2) is 0 Å². The van der Waals surface area contributed by atoms with Gasteiger partial charge in [0.15, 0.2) is 0 Å². The Kier molecular flexibility index (Phi) is 9.69. The second kappa shape index (κ2) is 12.9. The summed E-state index contributed by atoms with van der Waals surface area (Å²) in [6, 6.07) is 23.3. The van der Waals surface area contributed by atoms with Gasteiger partial charge in [0, 0.05) is 12.0 Å². The molecule has 5 heteroatoms. The van der Waals surface area contributed by atoms with Crippen LogP contribution < -0.4 is 10.1 Å². The highest BCUT2D eigenvalue weighted by Crippen LogP contribution is 2.26. The van der Waals surface area contributed by atoms with E-state index in [1.165, 1.54) is 5.56 Å². The van der Waals surface area contributed by atoms with Crippen LogP contribution in [0.25, 0.3) is 0 Å². The van der Waals surface area contributed by atoms with E-state index in [0.29, 0.717) is 24.0 Å². The molecule has 0 aromatic heterocycles. The Balaban J connectivity index is 1.88. The Morgan fingerprint density at radius 2 is 1.61 bits per heavy atom. The zero-order chi connectivity index (χ0) is 26.1. The molecule has 2 N–H and O–H groups in total. The quantitative estimate of drug-likeness (QED) is 0.291. The van der Waals surface area contributed by atoms with Crippen molar-refractivity contribution in [2.24, 2.45) is 5.92 Å². The van der Waals surface area contributed by atoms with Crippen molar-refractivity contribution in [3.05, 3.63) is 101 Å². The van der Waals surface area contributed by atoms with Crippen LogP contribution in [0, 0.1) is 5.92 Å². The molecule has 0 heterocycles. The first kappa shape index (κ1) is 27.0. The van der Waals surface area contributed by atoms with Crippen LogP contribution in [0.3, 0.4) is 0 Å². The summed E-state index contributed by atoms with van der Waals surface area (Å²) >= 11 is 0. The molecule has 1 amide bonds. The highest BCUT2D eigenvalue weighted by atomic mass is 16.5. The van der Waals surface area contributed by atoms with Crippen LogP contribution in [0.2, 0.25) is 0 Å². The molecule has 0 fully saturated rings. The van der Waals surface area contributed by atoms with Gasteiger partial charge in [0.2, 0.25) is 0 Å². The fourth-order valence-electron chi connectivity index (χ4n) is 4.19. The van der Waals surface area contributed by atoms with E-state index in [9.17, 15) is 14.7 Å². The number of carbonyl (C=O) groups is 2. The summed E-state index contributed by atoms with van der Waals surface area (Å²) in [7, 11) is 0. The fourth-order valence-corrected chi connectivity index (χ4v) is 4.19. The lowest BCUT2D eigenvalue weighted by Gasteiger charge is -2.23. The van der Waals surface area contributed by atoms with Gasteiger partial charge in [0.05, 0.1) is 6.04 Å². The predicted molar refractivity (Wildman–Crippen MR) is 143 cm³/mol. The monoisotopic (exact) mass is 487 g/mol. The molecule has 0 aliphatic rings. The number of carboxylic acid groups (broad SMARTS) is 1. The molecule has 0 aliphatic heterocycles. The topological polar surface area (TPSA) is 75.6 Å². The van der Waals surface area contributed by atoms with Crippen LogP contribution in [-0.4, -0.2) is 17.0 Å². The van der Waals surface area contributed by atoms with Gasteiger partial charge in [0.25, 0.3) is 5.91 Å². The molecular formula is C31H37NO4. The average Bonchev–Trinajstić information content (AvgIpc) is 2.86. The van der Waals surface area contributed by atoms with Crippen LogP contribution >= 0.6 is 0 Å². The zero-order valence-corrected chi connectivity index (χ0v) is 21.7. The van der Waals surface area contributed by atoms with Gasteiger partial charge < -0.3 is 15.2 Å². The lowest BCUT2D eigenvalue weighted by atomic mass is 9.92. The van der Waals surface area contributed by atoms with Crippen molar-refractivity contribution in [2.75, 3.05) is 0 Å². The summed E-state index contributed by atoms with van der Waals surface area (Å²) in [5, 5.41) is 12.5. The lowest BCUT2D eigenvalue weighted by Crippen LogP contribution is -2.30. The molecule has 0 radical (unpaired) electrons. The van der Waals surface area contributed by atoms with E-state index in [2.05, 4.69) is 51.2 Å². The number of benzene rings is 3. The smallest absolute Gasteiger partial charge is 0.303 e. The summed E-state index contributed by atoms with van der Waals surface area (Å²) in [4.78, 5) is 24.9. The third kappa shape index (κ3) is 7.98. The number of ether oxygens (including phenoxy) is 1. The van der Waals surface area contributed by atoms with Gasteiger partial charge in [-0.3, -0.25) is 9.59 Å². The van der Waals surface area contributed by atoms with Gasteiger partial charge in [0.1, 0.15) is 12.4 Å². The maximum atomic E-state index is 13.6. The van der Waals surface area contributed by atoms with Crippen LogP contribution in [0.4, 0.5) is 0 Å². The Hall–Kier alpha value is -3.60. The van der Waals surface area contributed by atoms with Crippen molar-refractivity contribution in [1.82, 2.24) is 5.32 Å². The summed E-state index contributed by atoms with van der Waals surface area (Å²) < 4.78 is 5.88. The summed E-state index contributed by atoms with van der Waals surface area (Å²) in [5.74, 6) is 0.443. The molecule has 1 atom stereocenters. The van der Waals surface area contributed by atoms with E-state index in [0.717, 1.165) is 28.9 Å². The fraction of sp³-hybridized carbons (Fsp3) is 0.355. The van der Waals surface area contributed by atoms with Crippen molar-refractivity contribution in [3.63, 3.8) is 0 Å². The largest absolute Gasteiger partial charge is 0.489 e. The third-order valence-corrected chi connectivity index (χ3v) is 6.17. The molecule has 190 valence electrons. The first-order chi connectivity index (χ1) is 17.2. The summed E-state index contributed by atoms with van der Waals surface area (Å²) in [6.45, 7) is 8.92. The number of nitrogens with one attached hydrogen (secondary N) is 1. The number of carboxylic acids is 1. The zero-order valence-electron chi connectivity index (χ0n) is 21.7. The van der Waals surface area contributed by atoms with Crippen LogP contribution in [0.15, 0.2) is 72.8 Å². The van der Waals surface area contributed by atoms with E-state index in [1.54, 1.807) is 0 Å². The van der Waals surface area contributed by atoms with Gasteiger partial charge in [-0.15, -0.1) is 0 Å².